The number of carbonyl (C=O) groups excluding carboxylic acids is 1. The molecule has 0 saturated carbocycles. The second-order valence-electron chi connectivity index (χ2n) is 6.39. The molecule has 3 heterocycles. The third-order valence-corrected chi connectivity index (χ3v) is 6.41. The zero-order valence-corrected chi connectivity index (χ0v) is 13.8. The molecule has 2 aromatic rings. The molecule has 1 amide bonds. The van der Waals surface area contributed by atoms with Gasteiger partial charge in [0, 0.05) is 24.6 Å². The lowest BCUT2D eigenvalue weighted by atomic mass is 10.1. The zero-order chi connectivity index (χ0) is 16.9. The Labute approximate surface area is 138 Å². The summed E-state index contributed by atoms with van der Waals surface area (Å²) in [5, 5.41) is 3.25. The van der Waals surface area contributed by atoms with Gasteiger partial charge in [0.1, 0.15) is 5.82 Å². The van der Waals surface area contributed by atoms with E-state index in [4.69, 9.17) is 0 Å². The Hall–Kier alpha value is -2.22. The summed E-state index contributed by atoms with van der Waals surface area (Å²) in [5.41, 5.74) is 0.836. The van der Waals surface area contributed by atoms with Crippen LogP contribution in [0.15, 0.2) is 23.0 Å². The number of sulfone groups is 1. The lowest BCUT2D eigenvalue weighted by Gasteiger charge is -2.11. The predicted octanol–water partition coefficient (Wildman–Crippen LogP) is 0.260. The summed E-state index contributed by atoms with van der Waals surface area (Å²) in [6.07, 6.45) is 2.11. The fraction of sp³-hybridized carbons (Fsp3) is 0.438. The van der Waals surface area contributed by atoms with Gasteiger partial charge in [-0.15, -0.1) is 0 Å². The second kappa shape index (κ2) is 5.41. The molecule has 2 aliphatic heterocycles. The Morgan fingerprint density at radius 3 is 2.92 bits per heavy atom. The molecular weight excluding hydrogens is 330 g/mol. The molecule has 1 saturated heterocycles. The van der Waals surface area contributed by atoms with Gasteiger partial charge in [-0.1, -0.05) is 0 Å². The molecule has 1 atom stereocenters. The molecule has 0 radical (unpaired) electrons. The molecule has 1 N–H and O–H groups in total. The van der Waals surface area contributed by atoms with Gasteiger partial charge in [0.2, 0.25) is 0 Å². The molecule has 0 spiro atoms. The van der Waals surface area contributed by atoms with Gasteiger partial charge in [-0.25, -0.2) is 13.4 Å². The van der Waals surface area contributed by atoms with Crippen LogP contribution >= 0.6 is 0 Å². The van der Waals surface area contributed by atoms with E-state index in [2.05, 4.69) is 10.3 Å². The Morgan fingerprint density at radius 2 is 2.17 bits per heavy atom. The van der Waals surface area contributed by atoms with E-state index in [9.17, 15) is 18.0 Å². The first-order valence-corrected chi connectivity index (χ1v) is 9.80. The monoisotopic (exact) mass is 347 g/mol. The summed E-state index contributed by atoms with van der Waals surface area (Å²) in [4.78, 5) is 29.3. The van der Waals surface area contributed by atoms with Crippen molar-refractivity contribution in [2.75, 3.05) is 11.5 Å². The quantitative estimate of drug-likeness (QED) is 0.840. The minimum absolute atomic E-state index is 0.0145. The van der Waals surface area contributed by atoms with Gasteiger partial charge < -0.3 is 5.32 Å². The molecule has 1 unspecified atom stereocenters. The lowest BCUT2D eigenvalue weighted by Crippen LogP contribution is -2.35. The molecule has 4 rings (SSSR count). The highest BCUT2D eigenvalue weighted by molar-refractivity contribution is 7.91. The van der Waals surface area contributed by atoms with E-state index < -0.39 is 9.84 Å². The minimum Gasteiger partial charge on any atom is -0.348 e. The van der Waals surface area contributed by atoms with Crippen molar-refractivity contribution in [1.29, 1.82) is 0 Å². The Bertz CT molecular complexity index is 1010. The molecule has 1 aromatic heterocycles. The average Bonchev–Trinajstić information content (AvgIpc) is 3.13. The molecule has 2 aliphatic rings. The number of benzene rings is 1. The standard InChI is InChI=1S/C16H17N3O4S/c20-15(17-11-5-7-24(22,23)9-11)10-3-4-12-13(8-10)18-14-2-1-6-19(14)16(12)21/h3-4,8,11H,1-2,5-7,9H2,(H,17,20). The molecule has 126 valence electrons. The molecule has 7 nitrogen and oxygen atoms in total. The number of rotatable bonds is 2. The Morgan fingerprint density at radius 1 is 1.33 bits per heavy atom. The van der Waals surface area contributed by atoms with Crippen LogP contribution < -0.4 is 10.9 Å². The summed E-state index contributed by atoms with van der Waals surface area (Å²) in [5.74, 6) is 0.521. The number of amides is 1. The van der Waals surface area contributed by atoms with Crippen molar-refractivity contribution in [3.8, 4) is 0 Å². The van der Waals surface area contributed by atoms with E-state index in [-0.39, 0.29) is 29.0 Å². The number of fused-ring (bicyclic) bond motifs is 2. The van der Waals surface area contributed by atoms with E-state index in [1.165, 1.54) is 0 Å². The summed E-state index contributed by atoms with van der Waals surface area (Å²) < 4.78 is 24.6. The van der Waals surface area contributed by atoms with Crippen molar-refractivity contribution in [3.05, 3.63) is 39.9 Å². The van der Waals surface area contributed by atoms with Crippen LogP contribution in [0.4, 0.5) is 0 Å². The van der Waals surface area contributed by atoms with E-state index in [1.54, 1.807) is 22.8 Å². The fourth-order valence-electron chi connectivity index (χ4n) is 3.40. The first kappa shape index (κ1) is 15.3. The fourth-order valence-corrected chi connectivity index (χ4v) is 5.08. The number of hydrogen-bond donors (Lipinski definition) is 1. The van der Waals surface area contributed by atoms with Crippen LogP contribution in [0, 0.1) is 0 Å². The largest absolute Gasteiger partial charge is 0.348 e. The summed E-state index contributed by atoms with van der Waals surface area (Å²) in [6.45, 7) is 0.690. The Kier molecular flexibility index (Phi) is 3.45. The van der Waals surface area contributed by atoms with E-state index >= 15 is 0 Å². The normalized spacial score (nSPS) is 21.8. The summed E-state index contributed by atoms with van der Waals surface area (Å²) in [7, 11) is -3.04. The van der Waals surface area contributed by atoms with E-state index in [1.807, 2.05) is 0 Å². The van der Waals surface area contributed by atoms with Crippen molar-refractivity contribution in [2.45, 2.75) is 31.8 Å². The molecule has 0 bridgehead atoms. The molecule has 1 fully saturated rings. The van der Waals surface area contributed by atoms with Crippen molar-refractivity contribution < 1.29 is 13.2 Å². The summed E-state index contributed by atoms with van der Waals surface area (Å²) in [6, 6.07) is 4.47. The number of aryl methyl sites for hydroxylation is 1. The molecule has 0 aliphatic carbocycles. The van der Waals surface area contributed by atoms with Crippen LogP contribution in [-0.2, 0) is 22.8 Å². The van der Waals surface area contributed by atoms with Gasteiger partial charge >= 0.3 is 0 Å². The maximum absolute atomic E-state index is 12.4. The number of nitrogens with zero attached hydrogens (tertiary/aromatic N) is 2. The second-order valence-corrected chi connectivity index (χ2v) is 8.62. The molecule has 8 heteroatoms. The minimum atomic E-state index is -3.04. The van der Waals surface area contributed by atoms with Crippen LogP contribution in [0.3, 0.4) is 0 Å². The van der Waals surface area contributed by atoms with Gasteiger partial charge in [0.15, 0.2) is 9.84 Å². The van der Waals surface area contributed by atoms with Crippen LogP contribution in [0.25, 0.3) is 10.9 Å². The average molecular weight is 347 g/mol. The number of aromatic nitrogens is 2. The number of hydrogen-bond acceptors (Lipinski definition) is 5. The smallest absolute Gasteiger partial charge is 0.261 e. The SMILES string of the molecule is O=C(NC1CCS(=O)(=O)C1)c1ccc2c(=O)n3c(nc2c1)CCC3. The maximum atomic E-state index is 12.4. The highest BCUT2D eigenvalue weighted by atomic mass is 32.2. The van der Waals surface area contributed by atoms with Crippen molar-refractivity contribution in [3.63, 3.8) is 0 Å². The number of nitrogens with one attached hydrogen (secondary N) is 1. The lowest BCUT2D eigenvalue weighted by molar-refractivity contribution is 0.0941. The van der Waals surface area contributed by atoms with Crippen LogP contribution in [0.2, 0.25) is 0 Å². The van der Waals surface area contributed by atoms with Gasteiger partial charge in [-0.2, -0.15) is 0 Å². The van der Waals surface area contributed by atoms with Crippen molar-refractivity contribution in [1.82, 2.24) is 14.9 Å². The van der Waals surface area contributed by atoms with Crippen LogP contribution in [0.1, 0.15) is 29.0 Å². The highest BCUT2D eigenvalue weighted by Gasteiger charge is 2.29. The third-order valence-electron chi connectivity index (χ3n) is 4.65. The van der Waals surface area contributed by atoms with E-state index in [0.717, 1.165) is 18.7 Å². The third kappa shape index (κ3) is 2.60. The molecular formula is C16H17N3O4S. The zero-order valence-electron chi connectivity index (χ0n) is 13.0. The van der Waals surface area contributed by atoms with Gasteiger partial charge in [-0.05, 0) is 31.0 Å². The van der Waals surface area contributed by atoms with E-state index in [0.29, 0.717) is 29.4 Å². The van der Waals surface area contributed by atoms with Gasteiger partial charge in [-0.3, -0.25) is 14.2 Å². The summed E-state index contributed by atoms with van der Waals surface area (Å²) >= 11 is 0. The first-order valence-electron chi connectivity index (χ1n) is 7.98. The Balaban J connectivity index is 1.64. The topological polar surface area (TPSA) is 98.1 Å². The van der Waals surface area contributed by atoms with Crippen LogP contribution in [-0.4, -0.2) is 41.4 Å². The first-order chi connectivity index (χ1) is 11.4. The van der Waals surface area contributed by atoms with Crippen molar-refractivity contribution in [2.24, 2.45) is 0 Å². The van der Waals surface area contributed by atoms with Gasteiger partial charge in [0.05, 0.1) is 22.4 Å². The number of carbonyl (C=O) groups is 1. The predicted molar refractivity (Wildman–Crippen MR) is 88.8 cm³/mol. The maximum Gasteiger partial charge on any atom is 0.261 e. The van der Waals surface area contributed by atoms with Gasteiger partial charge in [0.25, 0.3) is 11.5 Å². The van der Waals surface area contributed by atoms with Crippen LogP contribution in [0.5, 0.6) is 0 Å². The highest BCUT2D eigenvalue weighted by Crippen LogP contribution is 2.17. The molecule has 1 aromatic carbocycles. The van der Waals surface area contributed by atoms with Crippen molar-refractivity contribution >= 4 is 26.6 Å². The molecule has 24 heavy (non-hydrogen) atoms.